The van der Waals surface area contributed by atoms with Crippen molar-refractivity contribution in [2.75, 3.05) is 18.4 Å². The van der Waals surface area contributed by atoms with E-state index in [9.17, 15) is 9.59 Å². The van der Waals surface area contributed by atoms with Crippen molar-refractivity contribution in [2.45, 2.75) is 37.6 Å². The Hall–Kier alpha value is -2.82. The summed E-state index contributed by atoms with van der Waals surface area (Å²) in [4.78, 5) is 26.7. The summed E-state index contributed by atoms with van der Waals surface area (Å²) in [6.45, 7) is 1.52. The van der Waals surface area contributed by atoms with Gasteiger partial charge in [-0.15, -0.1) is 0 Å². The van der Waals surface area contributed by atoms with Gasteiger partial charge in [0.15, 0.2) is 0 Å². The highest BCUT2D eigenvalue weighted by Gasteiger charge is 2.25. The Morgan fingerprint density at radius 1 is 0.889 bits per heavy atom. The van der Waals surface area contributed by atoms with E-state index in [1.165, 1.54) is 5.56 Å². The van der Waals surface area contributed by atoms with Crippen LogP contribution in [-0.2, 0) is 0 Å². The molecule has 1 aliphatic heterocycles. The van der Waals surface area contributed by atoms with Crippen LogP contribution in [0.5, 0.6) is 0 Å². The molecule has 3 amide bonds. The summed E-state index contributed by atoms with van der Waals surface area (Å²) in [5.41, 5.74) is 2.63. The maximum absolute atomic E-state index is 12.9. The zero-order valence-electron chi connectivity index (χ0n) is 15.4. The minimum absolute atomic E-state index is 0.0350. The smallest absolute Gasteiger partial charge is 0.319 e. The monoisotopic (exact) mass is 363 g/mol. The van der Waals surface area contributed by atoms with Crippen molar-refractivity contribution in [3.63, 3.8) is 0 Å². The van der Waals surface area contributed by atoms with Gasteiger partial charge in [-0.3, -0.25) is 4.79 Å². The lowest BCUT2D eigenvalue weighted by atomic mass is 9.89. The van der Waals surface area contributed by atoms with Gasteiger partial charge in [0.2, 0.25) is 0 Å². The third-order valence-corrected chi connectivity index (χ3v) is 5.33. The highest BCUT2D eigenvalue weighted by molar-refractivity contribution is 5.97. The second-order valence-corrected chi connectivity index (χ2v) is 7.43. The van der Waals surface area contributed by atoms with Gasteiger partial charge in [0.1, 0.15) is 0 Å². The van der Waals surface area contributed by atoms with Gasteiger partial charge in [-0.1, -0.05) is 36.4 Å². The molecule has 2 aromatic carbocycles. The number of rotatable bonds is 4. The topological polar surface area (TPSA) is 61.4 Å². The van der Waals surface area contributed by atoms with Crippen molar-refractivity contribution in [3.8, 4) is 0 Å². The molecule has 140 valence electrons. The quantitative estimate of drug-likeness (QED) is 0.863. The molecule has 1 saturated carbocycles. The van der Waals surface area contributed by atoms with Gasteiger partial charge in [-0.05, 0) is 55.4 Å². The maximum atomic E-state index is 12.9. The molecule has 5 heteroatoms. The van der Waals surface area contributed by atoms with Crippen molar-refractivity contribution < 1.29 is 9.59 Å². The zero-order valence-corrected chi connectivity index (χ0v) is 15.4. The molecule has 27 heavy (non-hydrogen) atoms. The highest BCUT2D eigenvalue weighted by Crippen LogP contribution is 2.28. The number of hydrogen-bond acceptors (Lipinski definition) is 2. The fourth-order valence-electron chi connectivity index (χ4n) is 3.63. The molecule has 1 heterocycles. The summed E-state index contributed by atoms with van der Waals surface area (Å²) in [6, 6.07) is 17.8. The minimum Gasteiger partial charge on any atom is -0.339 e. The van der Waals surface area contributed by atoms with E-state index in [1.807, 2.05) is 29.2 Å². The molecule has 0 bridgehead atoms. The first-order chi connectivity index (χ1) is 13.2. The Morgan fingerprint density at radius 3 is 2.33 bits per heavy atom. The van der Waals surface area contributed by atoms with Gasteiger partial charge >= 0.3 is 6.03 Å². The first-order valence-electron chi connectivity index (χ1n) is 9.71. The van der Waals surface area contributed by atoms with E-state index in [0.29, 0.717) is 23.2 Å². The summed E-state index contributed by atoms with van der Waals surface area (Å²) in [5.74, 6) is 0.558. The van der Waals surface area contributed by atoms with Crippen LogP contribution in [0.2, 0.25) is 0 Å². The predicted molar refractivity (Wildman–Crippen MR) is 106 cm³/mol. The largest absolute Gasteiger partial charge is 0.339 e. The van der Waals surface area contributed by atoms with Crippen LogP contribution in [0.25, 0.3) is 0 Å². The number of hydrogen-bond donors (Lipinski definition) is 2. The predicted octanol–water partition coefficient (Wildman–Crippen LogP) is 3.99. The molecule has 2 N–H and O–H groups in total. The molecule has 0 unspecified atom stereocenters. The number of likely N-dealkylation sites (tertiary alicyclic amines) is 1. The van der Waals surface area contributed by atoms with E-state index >= 15 is 0 Å². The normalized spacial score (nSPS) is 17.4. The van der Waals surface area contributed by atoms with Crippen LogP contribution < -0.4 is 10.6 Å². The maximum Gasteiger partial charge on any atom is 0.319 e. The van der Waals surface area contributed by atoms with Gasteiger partial charge < -0.3 is 15.5 Å². The van der Waals surface area contributed by atoms with Crippen molar-refractivity contribution in [1.82, 2.24) is 10.2 Å². The average Bonchev–Trinajstić information content (AvgIpc) is 3.52. The van der Waals surface area contributed by atoms with Crippen LogP contribution in [0.3, 0.4) is 0 Å². The second-order valence-electron chi connectivity index (χ2n) is 7.43. The van der Waals surface area contributed by atoms with E-state index < -0.39 is 0 Å². The molecular formula is C22H25N3O2. The fraction of sp³-hybridized carbons (Fsp3) is 0.364. The number of nitrogens with one attached hydrogen (secondary N) is 2. The number of nitrogens with zero attached hydrogens (tertiary/aromatic N) is 1. The highest BCUT2D eigenvalue weighted by atomic mass is 16.2. The second kappa shape index (κ2) is 7.82. The Bertz CT molecular complexity index is 809. The number of amides is 3. The van der Waals surface area contributed by atoms with Crippen LogP contribution in [0.4, 0.5) is 10.5 Å². The molecule has 0 radical (unpaired) electrons. The Morgan fingerprint density at radius 2 is 1.63 bits per heavy atom. The third kappa shape index (κ3) is 4.48. The number of carbonyl (C=O) groups is 2. The van der Waals surface area contributed by atoms with Crippen LogP contribution in [0.15, 0.2) is 54.6 Å². The van der Waals surface area contributed by atoms with Crippen molar-refractivity contribution in [2.24, 2.45) is 0 Å². The SMILES string of the molecule is O=C(Nc1cccc(C(=O)N2CCC(c3ccccc3)CC2)c1)NC1CC1. The van der Waals surface area contributed by atoms with E-state index in [4.69, 9.17) is 0 Å². The molecule has 1 saturated heterocycles. The van der Waals surface area contributed by atoms with Crippen LogP contribution >= 0.6 is 0 Å². The Balaban J connectivity index is 1.35. The first-order valence-corrected chi connectivity index (χ1v) is 9.71. The first kappa shape index (κ1) is 17.6. The molecule has 4 rings (SSSR count). The Kier molecular flexibility index (Phi) is 5.10. The van der Waals surface area contributed by atoms with Gasteiger partial charge in [-0.2, -0.15) is 0 Å². The lowest BCUT2D eigenvalue weighted by Crippen LogP contribution is -2.38. The number of piperidine rings is 1. The molecule has 2 aliphatic rings. The summed E-state index contributed by atoms with van der Waals surface area (Å²) >= 11 is 0. The van der Waals surface area contributed by atoms with E-state index in [1.54, 1.807) is 6.07 Å². The molecule has 0 spiro atoms. The van der Waals surface area contributed by atoms with E-state index in [0.717, 1.165) is 38.8 Å². The molecule has 0 atom stereocenters. The van der Waals surface area contributed by atoms with Gasteiger partial charge in [0.25, 0.3) is 5.91 Å². The number of urea groups is 1. The van der Waals surface area contributed by atoms with Crippen molar-refractivity contribution >= 4 is 17.6 Å². The summed E-state index contributed by atoms with van der Waals surface area (Å²) in [6.07, 6.45) is 4.06. The van der Waals surface area contributed by atoms with Gasteiger partial charge in [0, 0.05) is 30.4 Å². The molecule has 0 aromatic heterocycles. The molecule has 1 aliphatic carbocycles. The standard InChI is InChI=1S/C22H25N3O2/c26-21(25-13-11-17(12-14-25)16-5-2-1-3-6-16)18-7-4-8-20(15-18)24-22(27)23-19-9-10-19/h1-8,15,17,19H,9-14H2,(H2,23,24,27). The van der Waals surface area contributed by atoms with Crippen LogP contribution in [0.1, 0.15) is 47.5 Å². The minimum atomic E-state index is -0.203. The van der Waals surface area contributed by atoms with E-state index in [2.05, 4.69) is 34.9 Å². The third-order valence-electron chi connectivity index (χ3n) is 5.33. The van der Waals surface area contributed by atoms with E-state index in [-0.39, 0.29) is 11.9 Å². The average molecular weight is 363 g/mol. The summed E-state index contributed by atoms with van der Waals surface area (Å²) in [5, 5.41) is 5.71. The summed E-state index contributed by atoms with van der Waals surface area (Å²) in [7, 11) is 0. The van der Waals surface area contributed by atoms with Crippen LogP contribution in [0, 0.1) is 0 Å². The van der Waals surface area contributed by atoms with Crippen molar-refractivity contribution in [3.05, 3.63) is 65.7 Å². The van der Waals surface area contributed by atoms with Crippen LogP contribution in [-0.4, -0.2) is 36.0 Å². The lowest BCUT2D eigenvalue weighted by molar-refractivity contribution is 0.0713. The number of carbonyl (C=O) groups excluding carboxylic acids is 2. The molecular weight excluding hydrogens is 338 g/mol. The fourth-order valence-corrected chi connectivity index (χ4v) is 3.63. The lowest BCUT2D eigenvalue weighted by Gasteiger charge is -2.32. The van der Waals surface area contributed by atoms with Crippen molar-refractivity contribution in [1.29, 1.82) is 0 Å². The zero-order chi connectivity index (χ0) is 18.6. The van der Waals surface area contributed by atoms with Gasteiger partial charge in [0.05, 0.1) is 0 Å². The Labute approximate surface area is 159 Å². The number of benzene rings is 2. The molecule has 5 nitrogen and oxygen atoms in total. The van der Waals surface area contributed by atoms with Gasteiger partial charge in [-0.25, -0.2) is 4.79 Å². The summed E-state index contributed by atoms with van der Waals surface area (Å²) < 4.78 is 0. The molecule has 2 fully saturated rings. The number of anilines is 1. The molecule has 2 aromatic rings.